The fourth-order valence-corrected chi connectivity index (χ4v) is 5.65. The number of aromatic nitrogens is 3. The van der Waals surface area contributed by atoms with Gasteiger partial charge in [-0.3, -0.25) is 4.90 Å². The summed E-state index contributed by atoms with van der Waals surface area (Å²) >= 11 is 1.62. The fourth-order valence-electron chi connectivity index (χ4n) is 4.78. The first-order chi connectivity index (χ1) is 17.1. The zero-order valence-electron chi connectivity index (χ0n) is 20.8. The van der Waals surface area contributed by atoms with Crippen LogP contribution in [-0.4, -0.2) is 59.7 Å². The quantitative estimate of drug-likeness (QED) is 0.332. The van der Waals surface area contributed by atoms with E-state index in [-0.39, 0.29) is 0 Å². The lowest BCUT2D eigenvalue weighted by molar-refractivity contribution is 0.255. The van der Waals surface area contributed by atoms with Crippen molar-refractivity contribution >= 4 is 28.4 Å². The molecule has 5 rings (SSSR count). The normalized spacial score (nSPS) is 14.5. The van der Waals surface area contributed by atoms with Crippen molar-refractivity contribution in [3.8, 4) is 5.75 Å². The van der Waals surface area contributed by atoms with E-state index in [2.05, 4.69) is 67.3 Å². The summed E-state index contributed by atoms with van der Waals surface area (Å²) < 4.78 is 5.40. The Morgan fingerprint density at radius 2 is 1.69 bits per heavy atom. The minimum absolute atomic E-state index is 0.815. The minimum Gasteiger partial charge on any atom is -0.497 e. The van der Waals surface area contributed by atoms with Gasteiger partial charge in [0.25, 0.3) is 0 Å². The summed E-state index contributed by atoms with van der Waals surface area (Å²) in [5.41, 5.74) is 5.87. The maximum Gasteiger partial charge on any atom is 0.192 e. The molecule has 7 heteroatoms. The van der Waals surface area contributed by atoms with E-state index in [0.29, 0.717) is 0 Å². The van der Waals surface area contributed by atoms with E-state index in [1.54, 1.807) is 18.9 Å². The van der Waals surface area contributed by atoms with Crippen molar-refractivity contribution < 1.29 is 4.74 Å². The molecule has 6 nitrogen and oxygen atoms in total. The lowest BCUT2D eigenvalue weighted by Crippen LogP contribution is -2.46. The molecule has 0 spiro atoms. The lowest BCUT2D eigenvalue weighted by atomic mass is 10.1. The maximum absolute atomic E-state index is 5.40. The van der Waals surface area contributed by atoms with Crippen LogP contribution in [0.1, 0.15) is 23.4 Å². The van der Waals surface area contributed by atoms with Crippen LogP contribution in [0.3, 0.4) is 0 Å². The average molecular weight is 488 g/mol. The Morgan fingerprint density at radius 1 is 0.943 bits per heavy atom. The van der Waals surface area contributed by atoms with Gasteiger partial charge in [0.05, 0.1) is 7.11 Å². The molecule has 1 N–H and O–H groups in total. The van der Waals surface area contributed by atoms with Gasteiger partial charge in [-0.15, -0.1) is 0 Å². The van der Waals surface area contributed by atoms with Gasteiger partial charge in [0.15, 0.2) is 5.16 Å². The molecule has 0 bridgehead atoms. The number of fused-ring (bicyclic) bond motifs is 1. The van der Waals surface area contributed by atoms with Crippen LogP contribution < -0.4 is 9.64 Å². The second-order valence-corrected chi connectivity index (χ2v) is 10.2. The van der Waals surface area contributed by atoms with Crippen LogP contribution in [0.15, 0.2) is 64.8 Å². The molecule has 0 atom stereocenters. The Morgan fingerprint density at radius 3 is 2.40 bits per heavy atom. The smallest absolute Gasteiger partial charge is 0.192 e. The van der Waals surface area contributed by atoms with Crippen LogP contribution in [0.5, 0.6) is 5.75 Å². The zero-order valence-corrected chi connectivity index (χ0v) is 21.6. The van der Waals surface area contributed by atoms with Gasteiger partial charge in [0, 0.05) is 65.2 Å². The molecular formula is C28H33N5OS. The number of aryl methyl sites for hydroxylation is 3. The number of hydrogen-bond acceptors (Lipinski definition) is 6. The van der Waals surface area contributed by atoms with E-state index in [1.165, 1.54) is 27.0 Å². The Bertz CT molecular complexity index is 1260. The van der Waals surface area contributed by atoms with Crippen LogP contribution in [0.25, 0.3) is 10.9 Å². The van der Waals surface area contributed by atoms with Crippen LogP contribution in [0, 0.1) is 13.8 Å². The van der Waals surface area contributed by atoms with Crippen molar-refractivity contribution in [2.24, 2.45) is 0 Å². The van der Waals surface area contributed by atoms with E-state index in [4.69, 9.17) is 4.74 Å². The van der Waals surface area contributed by atoms with E-state index in [1.807, 2.05) is 26.0 Å². The molecular weight excluding hydrogens is 454 g/mol. The third-order valence-corrected chi connectivity index (χ3v) is 7.51. The second-order valence-electron chi connectivity index (χ2n) is 9.19. The molecule has 0 unspecified atom stereocenters. The highest BCUT2D eigenvalue weighted by Gasteiger charge is 2.17. The van der Waals surface area contributed by atoms with Gasteiger partial charge in [-0.2, -0.15) is 0 Å². The van der Waals surface area contributed by atoms with Crippen LogP contribution in [0.4, 0.5) is 5.69 Å². The number of aromatic amines is 1. The molecule has 35 heavy (non-hydrogen) atoms. The second kappa shape index (κ2) is 10.7. The van der Waals surface area contributed by atoms with E-state index < -0.39 is 0 Å². The number of nitrogens with zero attached hydrogens (tertiary/aromatic N) is 4. The lowest BCUT2D eigenvalue weighted by Gasteiger charge is -2.36. The Kier molecular flexibility index (Phi) is 7.25. The van der Waals surface area contributed by atoms with Gasteiger partial charge >= 0.3 is 0 Å². The van der Waals surface area contributed by atoms with Gasteiger partial charge in [-0.05, 0) is 99.1 Å². The van der Waals surface area contributed by atoms with Gasteiger partial charge in [0.1, 0.15) is 5.75 Å². The third-order valence-electron chi connectivity index (χ3n) is 6.64. The number of H-pyrrole nitrogens is 1. The van der Waals surface area contributed by atoms with E-state index >= 15 is 0 Å². The highest BCUT2D eigenvalue weighted by atomic mass is 32.2. The van der Waals surface area contributed by atoms with Gasteiger partial charge < -0.3 is 14.6 Å². The largest absolute Gasteiger partial charge is 0.497 e. The molecule has 1 saturated heterocycles. The van der Waals surface area contributed by atoms with Crippen molar-refractivity contribution in [1.29, 1.82) is 0 Å². The first-order valence-corrected chi connectivity index (χ1v) is 13.1. The Labute approximate surface area is 211 Å². The van der Waals surface area contributed by atoms with Crippen LogP contribution in [-0.2, 0) is 6.42 Å². The average Bonchev–Trinajstić information content (AvgIpc) is 3.26. The van der Waals surface area contributed by atoms with Crippen LogP contribution >= 0.6 is 11.8 Å². The monoisotopic (exact) mass is 487 g/mol. The first kappa shape index (κ1) is 23.7. The Balaban J connectivity index is 1.10. The fraction of sp³-hybridized carbons (Fsp3) is 0.357. The maximum atomic E-state index is 5.40. The highest BCUT2D eigenvalue weighted by Crippen LogP contribution is 2.28. The molecule has 3 heterocycles. The van der Waals surface area contributed by atoms with Crippen molar-refractivity contribution in [1.82, 2.24) is 19.9 Å². The highest BCUT2D eigenvalue weighted by molar-refractivity contribution is 7.99. The summed E-state index contributed by atoms with van der Waals surface area (Å²) in [6.07, 6.45) is 4.39. The summed E-state index contributed by atoms with van der Waals surface area (Å²) in [5, 5.41) is 2.09. The molecule has 0 amide bonds. The number of nitrogens with one attached hydrogen (secondary N) is 1. The van der Waals surface area contributed by atoms with Gasteiger partial charge in [-0.1, -0.05) is 0 Å². The van der Waals surface area contributed by atoms with Crippen molar-refractivity contribution in [3.05, 3.63) is 71.7 Å². The molecule has 2 aromatic carbocycles. The number of anilines is 1. The number of rotatable bonds is 8. The van der Waals surface area contributed by atoms with E-state index in [9.17, 15) is 0 Å². The predicted molar refractivity (Wildman–Crippen MR) is 144 cm³/mol. The standard InChI is InChI=1S/C28H33N5OS/c1-20-17-21(2)31-28(30-20)35-25-9-6-23(7-10-25)33-15-13-32(14-16-33)12-4-5-22-19-29-27-11-8-24(34-3)18-26(22)27/h6-11,17-19,29H,4-5,12-16H2,1-3H3. The Hall–Kier alpha value is -3.03. The minimum atomic E-state index is 0.815. The number of benzene rings is 2. The summed E-state index contributed by atoms with van der Waals surface area (Å²) in [7, 11) is 1.72. The third kappa shape index (κ3) is 5.80. The van der Waals surface area contributed by atoms with Gasteiger partial charge in [-0.25, -0.2) is 9.97 Å². The number of hydrogen-bond donors (Lipinski definition) is 1. The summed E-state index contributed by atoms with van der Waals surface area (Å²) in [6.45, 7) is 9.51. The first-order valence-electron chi connectivity index (χ1n) is 12.3. The molecule has 1 aliphatic rings. The van der Waals surface area contributed by atoms with Crippen molar-refractivity contribution in [3.63, 3.8) is 0 Å². The number of methoxy groups -OCH3 is 1. The summed E-state index contributed by atoms with van der Waals surface area (Å²) in [6, 6.07) is 17.1. The summed E-state index contributed by atoms with van der Waals surface area (Å²) in [4.78, 5) is 18.7. The molecule has 1 fully saturated rings. The van der Waals surface area contributed by atoms with Gasteiger partial charge in [0.2, 0.25) is 0 Å². The topological polar surface area (TPSA) is 57.3 Å². The summed E-state index contributed by atoms with van der Waals surface area (Å²) in [5.74, 6) is 0.916. The number of piperazine rings is 1. The molecule has 182 valence electrons. The molecule has 1 aliphatic heterocycles. The van der Waals surface area contributed by atoms with E-state index in [0.717, 1.165) is 67.9 Å². The number of ether oxygens (including phenoxy) is 1. The van der Waals surface area contributed by atoms with Crippen molar-refractivity contribution in [2.75, 3.05) is 44.7 Å². The predicted octanol–water partition coefficient (Wildman–Crippen LogP) is 5.49. The molecule has 0 radical (unpaired) electrons. The molecule has 0 aliphatic carbocycles. The van der Waals surface area contributed by atoms with Crippen LogP contribution in [0.2, 0.25) is 0 Å². The molecule has 0 saturated carbocycles. The molecule has 2 aromatic heterocycles. The SMILES string of the molecule is COc1ccc2[nH]cc(CCCN3CCN(c4ccc(Sc5nc(C)cc(C)n5)cc4)CC3)c2c1. The van der Waals surface area contributed by atoms with Crippen molar-refractivity contribution in [2.45, 2.75) is 36.7 Å². The zero-order chi connectivity index (χ0) is 24.2. The molecule has 4 aromatic rings.